The van der Waals surface area contributed by atoms with Crippen molar-refractivity contribution < 1.29 is 23.1 Å². The maximum Gasteiger partial charge on any atom is 0.343 e. The summed E-state index contributed by atoms with van der Waals surface area (Å²) < 4.78 is 27.3. The van der Waals surface area contributed by atoms with Crippen LogP contribution in [0.1, 0.15) is 21.5 Å². The number of benzene rings is 3. The van der Waals surface area contributed by atoms with E-state index in [0.717, 1.165) is 11.6 Å². The number of amides is 2. The number of carbonyl (C=O) groups is 2. The number of sulfonamides is 1. The number of hydrogen-bond donors (Lipinski definition) is 2. The highest BCUT2D eigenvalue weighted by Gasteiger charge is 2.34. The van der Waals surface area contributed by atoms with Crippen LogP contribution >= 0.6 is 23.2 Å². The zero-order valence-corrected chi connectivity index (χ0v) is 19.4. The van der Waals surface area contributed by atoms with E-state index in [9.17, 15) is 18.0 Å². The SMILES string of the molecule is NC(=O)N(N(Cc1ccccc1)Cc1ccc(C(=O)O)cc1)S(=O)(=O)c1ccc(Cl)c(Cl)c1. The molecule has 0 saturated heterocycles. The molecule has 172 valence electrons. The third-order valence-corrected chi connectivity index (χ3v) is 7.09. The lowest BCUT2D eigenvalue weighted by molar-refractivity contribution is 0.0697. The Bertz CT molecular complexity index is 1270. The summed E-state index contributed by atoms with van der Waals surface area (Å²) in [5.74, 6) is -1.09. The van der Waals surface area contributed by atoms with Crippen molar-refractivity contribution in [1.29, 1.82) is 0 Å². The zero-order chi connectivity index (χ0) is 24.2. The van der Waals surface area contributed by atoms with Crippen LogP contribution in [0.15, 0.2) is 77.7 Å². The molecule has 0 heterocycles. The van der Waals surface area contributed by atoms with E-state index >= 15 is 0 Å². The number of rotatable bonds is 8. The molecule has 8 nitrogen and oxygen atoms in total. The average Bonchev–Trinajstić information content (AvgIpc) is 2.76. The first kappa shape index (κ1) is 24.5. The molecule has 0 aromatic heterocycles. The molecular weight excluding hydrogens is 489 g/mol. The van der Waals surface area contributed by atoms with Gasteiger partial charge in [0.15, 0.2) is 0 Å². The van der Waals surface area contributed by atoms with E-state index in [0.29, 0.717) is 9.98 Å². The minimum atomic E-state index is -4.45. The van der Waals surface area contributed by atoms with Gasteiger partial charge in [0.2, 0.25) is 0 Å². The van der Waals surface area contributed by atoms with Crippen LogP contribution in [0.5, 0.6) is 0 Å². The Balaban J connectivity index is 2.05. The molecule has 0 radical (unpaired) electrons. The molecule has 11 heteroatoms. The van der Waals surface area contributed by atoms with Crippen molar-refractivity contribution in [2.45, 2.75) is 18.0 Å². The zero-order valence-electron chi connectivity index (χ0n) is 17.1. The summed E-state index contributed by atoms with van der Waals surface area (Å²) in [6.07, 6.45) is 0. The van der Waals surface area contributed by atoms with Crippen molar-refractivity contribution in [3.05, 3.63) is 99.5 Å². The molecule has 33 heavy (non-hydrogen) atoms. The molecule has 3 N–H and O–H groups in total. The van der Waals surface area contributed by atoms with E-state index in [1.807, 2.05) is 0 Å². The number of aromatic carboxylic acids is 1. The normalized spacial score (nSPS) is 11.4. The van der Waals surface area contributed by atoms with Crippen molar-refractivity contribution in [2.24, 2.45) is 5.73 Å². The van der Waals surface area contributed by atoms with Gasteiger partial charge in [-0.15, -0.1) is 4.41 Å². The van der Waals surface area contributed by atoms with Crippen LogP contribution in [0.4, 0.5) is 4.79 Å². The van der Waals surface area contributed by atoms with Crippen LogP contribution in [-0.2, 0) is 23.1 Å². The van der Waals surface area contributed by atoms with Crippen molar-refractivity contribution in [1.82, 2.24) is 9.42 Å². The lowest BCUT2D eigenvalue weighted by atomic mass is 10.1. The smallest absolute Gasteiger partial charge is 0.343 e. The minimum Gasteiger partial charge on any atom is -0.478 e. The number of halogens is 2. The third kappa shape index (κ3) is 5.82. The van der Waals surface area contributed by atoms with Crippen LogP contribution in [-0.4, -0.2) is 34.9 Å². The van der Waals surface area contributed by atoms with Crippen molar-refractivity contribution in [3.8, 4) is 0 Å². The monoisotopic (exact) mass is 507 g/mol. The molecule has 0 aliphatic carbocycles. The first-order valence-electron chi connectivity index (χ1n) is 9.50. The summed E-state index contributed by atoms with van der Waals surface area (Å²) in [7, 11) is -4.45. The number of nitrogens with zero attached hydrogens (tertiary/aromatic N) is 2. The Morgan fingerprint density at radius 2 is 1.42 bits per heavy atom. The van der Waals surface area contributed by atoms with Crippen LogP contribution in [0.25, 0.3) is 0 Å². The number of carboxylic acids is 1. The van der Waals surface area contributed by atoms with E-state index in [2.05, 4.69) is 0 Å². The summed E-state index contributed by atoms with van der Waals surface area (Å²) >= 11 is 11.9. The summed E-state index contributed by atoms with van der Waals surface area (Å²) in [4.78, 5) is 23.3. The van der Waals surface area contributed by atoms with Gasteiger partial charge < -0.3 is 10.8 Å². The Hall–Kier alpha value is -3.11. The molecule has 2 amide bonds. The Kier molecular flexibility index (Phi) is 7.60. The summed E-state index contributed by atoms with van der Waals surface area (Å²) in [5.41, 5.74) is 6.88. The standard InChI is InChI=1S/C22H19Cl2N3O5S/c23-19-11-10-18(12-20(19)24)33(31,32)27(22(25)30)26(13-15-4-2-1-3-5-15)14-16-6-8-17(9-7-16)21(28)29/h1-12H,13-14H2,(H2,25,30)(H,28,29). The van der Waals surface area contributed by atoms with E-state index in [-0.39, 0.29) is 33.6 Å². The van der Waals surface area contributed by atoms with Crippen molar-refractivity contribution in [3.63, 3.8) is 0 Å². The molecule has 0 unspecified atom stereocenters. The fraction of sp³-hybridized carbons (Fsp3) is 0.0909. The Labute approximate surface area is 200 Å². The van der Waals surface area contributed by atoms with Gasteiger partial charge in [0.25, 0.3) is 10.0 Å². The predicted octanol–water partition coefficient (Wildman–Crippen LogP) is 4.38. The number of nitrogens with two attached hydrogens (primary N) is 1. The van der Waals surface area contributed by atoms with Crippen LogP contribution < -0.4 is 5.73 Å². The number of carboxylic acid groups (broad SMARTS) is 1. The average molecular weight is 508 g/mol. The van der Waals surface area contributed by atoms with Crippen LogP contribution in [0, 0.1) is 0 Å². The molecule has 0 aliphatic heterocycles. The molecule has 0 bridgehead atoms. The quantitative estimate of drug-likeness (QED) is 0.436. The first-order valence-corrected chi connectivity index (χ1v) is 11.7. The second-order valence-electron chi connectivity index (χ2n) is 6.97. The van der Waals surface area contributed by atoms with Gasteiger partial charge >= 0.3 is 12.0 Å². The van der Waals surface area contributed by atoms with E-state index in [1.54, 1.807) is 30.3 Å². The van der Waals surface area contributed by atoms with Gasteiger partial charge in [0.05, 0.1) is 20.5 Å². The second-order valence-corrected chi connectivity index (χ2v) is 9.55. The molecule has 0 spiro atoms. The van der Waals surface area contributed by atoms with Gasteiger partial charge in [-0.25, -0.2) is 9.59 Å². The predicted molar refractivity (Wildman–Crippen MR) is 124 cm³/mol. The topological polar surface area (TPSA) is 121 Å². The molecule has 0 aliphatic rings. The molecule has 3 aromatic rings. The van der Waals surface area contributed by atoms with Crippen LogP contribution in [0.2, 0.25) is 10.0 Å². The van der Waals surface area contributed by atoms with Gasteiger partial charge in [-0.2, -0.15) is 13.4 Å². The molecule has 0 saturated carbocycles. The number of hydrazine groups is 1. The lowest BCUT2D eigenvalue weighted by Crippen LogP contribution is -2.51. The highest BCUT2D eigenvalue weighted by molar-refractivity contribution is 7.89. The van der Waals surface area contributed by atoms with Gasteiger partial charge in [-0.05, 0) is 41.5 Å². The van der Waals surface area contributed by atoms with E-state index < -0.39 is 22.0 Å². The maximum atomic E-state index is 13.4. The number of hydrogen-bond acceptors (Lipinski definition) is 5. The Morgan fingerprint density at radius 1 is 0.848 bits per heavy atom. The summed E-state index contributed by atoms with van der Waals surface area (Å²) in [6, 6.07) is 17.2. The lowest BCUT2D eigenvalue weighted by Gasteiger charge is -2.33. The fourth-order valence-electron chi connectivity index (χ4n) is 3.09. The van der Waals surface area contributed by atoms with Crippen molar-refractivity contribution in [2.75, 3.05) is 0 Å². The number of primary amides is 1. The van der Waals surface area contributed by atoms with Gasteiger partial charge in [-0.1, -0.05) is 65.7 Å². The highest BCUT2D eigenvalue weighted by atomic mass is 35.5. The third-order valence-electron chi connectivity index (χ3n) is 4.64. The van der Waals surface area contributed by atoms with Gasteiger partial charge in [0.1, 0.15) is 0 Å². The second kappa shape index (κ2) is 10.2. The van der Waals surface area contributed by atoms with E-state index in [4.69, 9.17) is 34.0 Å². The Morgan fingerprint density at radius 3 is 1.94 bits per heavy atom. The highest BCUT2D eigenvalue weighted by Crippen LogP contribution is 2.28. The summed E-state index contributed by atoms with van der Waals surface area (Å²) in [5, 5.41) is 10.5. The minimum absolute atomic E-state index is 0.000955. The fourth-order valence-corrected chi connectivity index (χ4v) is 4.81. The number of urea groups is 1. The molecule has 0 fully saturated rings. The van der Waals surface area contributed by atoms with Gasteiger partial charge in [-0.3, -0.25) is 0 Å². The van der Waals surface area contributed by atoms with Crippen LogP contribution in [0.3, 0.4) is 0 Å². The number of carbonyl (C=O) groups excluding carboxylic acids is 1. The molecule has 0 atom stereocenters. The first-order chi connectivity index (χ1) is 15.6. The molecule has 3 rings (SSSR count). The largest absolute Gasteiger partial charge is 0.478 e. The molecular formula is C22H19Cl2N3O5S. The van der Waals surface area contributed by atoms with Crippen molar-refractivity contribution >= 4 is 45.2 Å². The maximum absolute atomic E-state index is 13.4. The van der Waals surface area contributed by atoms with Gasteiger partial charge in [0, 0.05) is 13.1 Å². The summed E-state index contributed by atoms with van der Waals surface area (Å²) in [6.45, 7) is -0.0384. The molecule has 3 aromatic carbocycles. The van der Waals surface area contributed by atoms with E-state index in [1.165, 1.54) is 41.4 Å².